The Morgan fingerprint density at radius 2 is 1.68 bits per heavy atom. The molecule has 3 aromatic carbocycles. The summed E-state index contributed by atoms with van der Waals surface area (Å²) in [4.78, 5) is 3.87. The van der Waals surface area contributed by atoms with Crippen LogP contribution in [0.25, 0.3) is 49.2 Å². The van der Waals surface area contributed by atoms with E-state index >= 15 is 0 Å². The van der Waals surface area contributed by atoms with Crippen LogP contribution in [-0.4, -0.2) is 0 Å². The fourth-order valence-corrected chi connectivity index (χ4v) is 6.11. The molecule has 0 spiro atoms. The van der Waals surface area contributed by atoms with E-state index in [1.807, 2.05) is 18.2 Å². The average Bonchev–Trinajstić information content (AvgIpc) is 3.29. The van der Waals surface area contributed by atoms with E-state index in [1.165, 1.54) is 31.2 Å². The highest BCUT2D eigenvalue weighted by molar-refractivity contribution is 6.18. The molecule has 1 saturated carbocycles. The molecule has 1 aliphatic carbocycles. The van der Waals surface area contributed by atoms with Crippen molar-refractivity contribution >= 4 is 27.6 Å². The first-order valence-corrected chi connectivity index (χ1v) is 13.3. The van der Waals surface area contributed by atoms with Crippen LogP contribution in [0.2, 0.25) is 0 Å². The number of hydrogen-bond donors (Lipinski definition) is 0. The van der Waals surface area contributed by atoms with Gasteiger partial charge in [0, 0.05) is 28.5 Å². The lowest BCUT2D eigenvalue weighted by atomic mass is 9.71. The fourth-order valence-electron chi connectivity index (χ4n) is 6.11. The standard InChI is InChI=1S/C34H33N2O/c1-22-9-14-27-31-28(35-4)16-15-26(32(31)37-33(27)30(22)29-8-6-7-21-36(29)5)25-12-10-23(11-13-25)24-17-19-34(2,3)20-18-24/h6-16,21,24H,17-20H2,1-3,5H3/q+1. The van der Waals surface area contributed by atoms with Crippen molar-refractivity contribution in [3.05, 3.63) is 95.5 Å². The minimum absolute atomic E-state index is 0.474. The van der Waals surface area contributed by atoms with Crippen LogP contribution in [0.4, 0.5) is 5.69 Å². The molecular weight excluding hydrogens is 452 g/mol. The Hall–Kier alpha value is -3.90. The lowest BCUT2D eigenvalue weighted by Crippen LogP contribution is -2.30. The number of nitrogens with zero attached hydrogens (tertiary/aromatic N) is 2. The molecule has 0 aliphatic heterocycles. The van der Waals surface area contributed by atoms with Crippen molar-refractivity contribution in [3.63, 3.8) is 0 Å². The van der Waals surface area contributed by atoms with Crippen molar-refractivity contribution in [2.45, 2.75) is 52.4 Å². The van der Waals surface area contributed by atoms with Crippen molar-refractivity contribution < 1.29 is 8.98 Å². The maximum absolute atomic E-state index is 7.86. The van der Waals surface area contributed by atoms with E-state index in [9.17, 15) is 0 Å². The lowest BCUT2D eigenvalue weighted by molar-refractivity contribution is -0.660. The zero-order valence-corrected chi connectivity index (χ0v) is 22.1. The molecule has 0 radical (unpaired) electrons. The van der Waals surface area contributed by atoms with E-state index < -0.39 is 0 Å². The van der Waals surface area contributed by atoms with E-state index in [4.69, 9.17) is 11.0 Å². The summed E-state index contributed by atoms with van der Waals surface area (Å²) < 4.78 is 8.84. The predicted octanol–water partition coefficient (Wildman–Crippen LogP) is 9.29. The summed E-state index contributed by atoms with van der Waals surface area (Å²) in [5, 5.41) is 1.90. The minimum atomic E-state index is 0.474. The van der Waals surface area contributed by atoms with E-state index in [-0.39, 0.29) is 0 Å². The molecule has 5 aromatic rings. The number of furan rings is 1. The quantitative estimate of drug-likeness (QED) is 0.184. The van der Waals surface area contributed by atoms with Gasteiger partial charge in [-0.25, -0.2) is 9.41 Å². The summed E-state index contributed by atoms with van der Waals surface area (Å²) in [6.07, 6.45) is 7.16. The van der Waals surface area contributed by atoms with Gasteiger partial charge in [0.15, 0.2) is 11.9 Å². The van der Waals surface area contributed by atoms with Gasteiger partial charge < -0.3 is 4.42 Å². The normalized spacial score (nSPS) is 15.8. The number of pyridine rings is 1. The van der Waals surface area contributed by atoms with Crippen molar-refractivity contribution in [1.29, 1.82) is 0 Å². The van der Waals surface area contributed by atoms with Crippen molar-refractivity contribution in [3.8, 4) is 22.4 Å². The molecule has 0 amide bonds. The smallest absolute Gasteiger partial charge is 0.216 e. The van der Waals surface area contributed by atoms with Gasteiger partial charge in [0.2, 0.25) is 5.69 Å². The Morgan fingerprint density at radius 1 is 0.919 bits per heavy atom. The number of rotatable bonds is 3. The van der Waals surface area contributed by atoms with Gasteiger partial charge in [-0.3, -0.25) is 0 Å². The van der Waals surface area contributed by atoms with Gasteiger partial charge in [-0.1, -0.05) is 62.4 Å². The Morgan fingerprint density at radius 3 is 2.38 bits per heavy atom. The van der Waals surface area contributed by atoms with Crippen LogP contribution in [0.1, 0.15) is 56.6 Å². The molecule has 3 heteroatoms. The Labute approximate surface area is 219 Å². The van der Waals surface area contributed by atoms with Gasteiger partial charge in [0.25, 0.3) is 0 Å². The number of benzene rings is 3. The van der Waals surface area contributed by atoms with Gasteiger partial charge in [-0.15, -0.1) is 0 Å². The van der Waals surface area contributed by atoms with Gasteiger partial charge in [-0.2, -0.15) is 0 Å². The van der Waals surface area contributed by atoms with Crippen LogP contribution >= 0.6 is 0 Å². The monoisotopic (exact) mass is 485 g/mol. The van der Waals surface area contributed by atoms with E-state index in [0.717, 1.165) is 49.9 Å². The summed E-state index contributed by atoms with van der Waals surface area (Å²) in [6, 6.07) is 23.5. The lowest BCUT2D eigenvalue weighted by Gasteiger charge is -2.34. The summed E-state index contributed by atoms with van der Waals surface area (Å²) in [6.45, 7) is 14.8. The third kappa shape index (κ3) is 4.02. The van der Waals surface area contributed by atoms with E-state index in [1.54, 1.807) is 0 Å². The SMILES string of the molecule is [C-]#[N+]c1ccc(-c2ccc(C3CCC(C)(C)CC3)cc2)c2oc3c(-c4cccc[n+]4C)c(C)ccc3c12. The van der Waals surface area contributed by atoms with Crippen LogP contribution in [0.15, 0.2) is 77.3 Å². The molecule has 184 valence electrons. The largest absolute Gasteiger partial charge is 0.456 e. The topological polar surface area (TPSA) is 21.4 Å². The third-order valence-electron chi connectivity index (χ3n) is 8.44. The fraction of sp³-hybridized carbons (Fsp3) is 0.294. The molecule has 2 heterocycles. The molecular formula is C34H33N2O+. The highest BCUT2D eigenvalue weighted by Crippen LogP contribution is 2.46. The van der Waals surface area contributed by atoms with Gasteiger partial charge >= 0.3 is 0 Å². The first-order valence-electron chi connectivity index (χ1n) is 13.3. The second-order valence-electron chi connectivity index (χ2n) is 11.4. The average molecular weight is 486 g/mol. The number of aryl methyl sites for hydroxylation is 2. The summed E-state index contributed by atoms with van der Waals surface area (Å²) in [5.41, 5.74) is 9.67. The van der Waals surface area contributed by atoms with Crippen LogP contribution in [0, 0.1) is 18.9 Å². The van der Waals surface area contributed by atoms with Crippen LogP contribution in [0.5, 0.6) is 0 Å². The molecule has 1 fully saturated rings. The van der Waals surface area contributed by atoms with E-state index in [2.05, 4.69) is 92.0 Å². The number of fused-ring (bicyclic) bond motifs is 3. The van der Waals surface area contributed by atoms with Crippen LogP contribution < -0.4 is 4.57 Å². The Balaban J connectivity index is 1.50. The molecule has 0 saturated heterocycles. The summed E-state index contributed by atoms with van der Waals surface area (Å²) in [7, 11) is 2.06. The Bertz CT molecular complexity index is 1670. The molecule has 37 heavy (non-hydrogen) atoms. The minimum Gasteiger partial charge on any atom is -0.456 e. The highest BCUT2D eigenvalue weighted by Gasteiger charge is 2.28. The second kappa shape index (κ2) is 8.89. The molecule has 6 rings (SSSR count). The molecule has 1 aliphatic rings. The van der Waals surface area contributed by atoms with Gasteiger partial charge in [-0.05, 0) is 66.7 Å². The summed E-state index contributed by atoms with van der Waals surface area (Å²) in [5.74, 6) is 0.648. The number of hydrogen-bond acceptors (Lipinski definition) is 1. The van der Waals surface area contributed by atoms with E-state index in [0.29, 0.717) is 17.0 Å². The molecule has 0 N–H and O–H groups in total. The molecule has 0 bridgehead atoms. The number of aromatic nitrogens is 1. The first kappa shape index (κ1) is 23.5. The summed E-state index contributed by atoms with van der Waals surface area (Å²) >= 11 is 0. The van der Waals surface area contributed by atoms with Crippen molar-refractivity contribution in [2.75, 3.05) is 0 Å². The maximum atomic E-state index is 7.86. The maximum Gasteiger partial charge on any atom is 0.216 e. The molecule has 2 aromatic heterocycles. The zero-order chi connectivity index (χ0) is 25.7. The molecule has 0 unspecified atom stereocenters. The predicted molar refractivity (Wildman–Crippen MR) is 152 cm³/mol. The second-order valence-corrected chi connectivity index (χ2v) is 11.4. The van der Waals surface area contributed by atoms with Crippen LogP contribution in [0.3, 0.4) is 0 Å². The van der Waals surface area contributed by atoms with Gasteiger partial charge in [0.1, 0.15) is 18.2 Å². The third-order valence-corrected chi connectivity index (χ3v) is 8.44. The van der Waals surface area contributed by atoms with Crippen molar-refractivity contribution in [2.24, 2.45) is 12.5 Å². The first-order chi connectivity index (χ1) is 17.9. The highest BCUT2D eigenvalue weighted by atomic mass is 16.3. The van der Waals surface area contributed by atoms with Crippen LogP contribution in [-0.2, 0) is 7.05 Å². The zero-order valence-electron chi connectivity index (χ0n) is 22.1. The van der Waals surface area contributed by atoms with Gasteiger partial charge in [0.05, 0.1) is 12.1 Å². The van der Waals surface area contributed by atoms with Crippen molar-refractivity contribution in [1.82, 2.24) is 0 Å². The Kier molecular flexibility index (Phi) is 5.64. The molecule has 0 atom stereocenters. The molecule has 3 nitrogen and oxygen atoms in total.